The lowest BCUT2D eigenvalue weighted by atomic mass is 9.82. The molecule has 0 aliphatic heterocycles. The number of amides is 2. The van der Waals surface area contributed by atoms with Crippen molar-refractivity contribution in [3.63, 3.8) is 0 Å². The third-order valence-electron chi connectivity index (χ3n) is 3.60. The van der Waals surface area contributed by atoms with Gasteiger partial charge in [0.1, 0.15) is 5.41 Å². The Morgan fingerprint density at radius 1 is 1.00 bits per heavy atom. The average Bonchev–Trinajstić information content (AvgIpc) is 2.41. The Morgan fingerprint density at radius 2 is 1.50 bits per heavy atom. The molecule has 0 aromatic carbocycles. The van der Waals surface area contributed by atoms with Crippen molar-refractivity contribution in [2.45, 2.75) is 60.9 Å². The molecule has 7 heteroatoms. The molecule has 0 rings (SSSR count). The Labute approximate surface area is 143 Å². The summed E-state index contributed by atoms with van der Waals surface area (Å²) in [5.74, 6) is -2.51. The standard InChI is InChI=1S/C17H30N2O5/c1-10(2)8-11(13(21)17(6,7)15(23)24)19-12(20)9-18-14(22)16(3,4)5/h10-11H,8-9H2,1-7H3,(H,18,22)(H,19,20)(H,23,24)/t11-/m0/s1. The summed E-state index contributed by atoms with van der Waals surface area (Å²) in [5.41, 5.74) is -2.22. The molecule has 0 aromatic rings. The summed E-state index contributed by atoms with van der Waals surface area (Å²) in [6.45, 7) is 11.3. The Morgan fingerprint density at radius 3 is 1.88 bits per heavy atom. The van der Waals surface area contributed by atoms with Gasteiger partial charge in [-0.2, -0.15) is 0 Å². The van der Waals surface area contributed by atoms with E-state index in [4.69, 9.17) is 0 Å². The van der Waals surface area contributed by atoms with Crippen LogP contribution in [-0.2, 0) is 19.2 Å². The van der Waals surface area contributed by atoms with Crippen molar-refractivity contribution >= 4 is 23.6 Å². The summed E-state index contributed by atoms with van der Waals surface area (Å²) in [5, 5.41) is 14.3. The van der Waals surface area contributed by atoms with Gasteiger partial charge >= 0.3 is 5.97 Å². The number of carbonyl (C=O) groups is 4. The van der Waals surface area contributed by atoms with Crippen molar-refractivity contribution in [1.29, 1.82) is 0 Å². The van der Waals surface area contributed by atoms with E-state index in [0.29, 0.717) is 6.42 Å². The Hall–Kier alpha value is -1.92. The van der Waals surface area contributed by atoms with Gasteiger partial charge in [0.2, 0.25) is 11.8 Å². The fourth-order valence-corrected chi connectivity index (χ4v) is 1.91. The van der Waals surface area contributed by atoms with Crippen molar-refractivity contribution in [2.75, 3.05) is 6.54 Å². The van der Waals surface area contributed by atoms with Crippen molar-refractivity contribution < 1.29 is 24.3 Å². The zero-order chi connectivity index (χ0) is 19.3. The normalized spacial score (nSPS) is 13.3. The largest absolute Gasteiger partial charge is 0.481 e. The molecular formula is C17H30N2O5. The molecular weight excluding hydrogens is 312 g/mol. The van der Waals surface area contributed by atoms with Gasteiger partial charge in [0, 0.05) is 5.41 Å². The van der Waals surface area contributed by atoms with Gasteiger partial charge in [-0.25, -0.2) is 0 Å². The van der Waals surface area contributed by atoms with Gasteiger partial charge in [0.15, 0.2) is 5.78 Å². The maximum Gasteiger partial charge on any atom is 0.316 e. The van der Waals surface area contributed by atoms with Gasteiger partial charge in [-0.1, -0.05) is 34.6 Å². The SMILES string of the molecule is CC(C)C[C@H](NC(=O)CNC(=O)C(C)(C)C)C(=O)C(C)(C)C(=O)O. The summed E-state index contributed by atoms with van der Waals surface area (Å²) >= 11 is 0. The first-order valence-electron chi connectivity index (χ1n) is 8.05. The highest BCUT2D eigenvalue weighted by molar-refractivity contribution is 6.06. The summed E-state index contributed by atoms with van der Waals surface area (Å²) in [4.78, 5) is 47.6. The highest BCUT2D eigenvalue weighted by atomic mass is 16.4. The van der Waals surface area contributed by atoms with E-state index in [-0.39, 0.29) is 18.4 Å². The molecule has 1 atom stereocenters. The van der Waals surface area contributed by atoms with E-state index < -0.39 is 34.5 Å². The minimum absolute atomic E-state index is 0.0908. The van der Waals surface area contributed by atoms with Crippen LogP contribution in [0, 0.1) is 16.7 Å². The number of hydrogen-bond donors (Lipinski definition) is 3. The Bertz CT molecular complexity index is 504. The number of carbonyl (C=O) groups excluding carboxylic acids is 3. The third kappa shape index (κ3) is 6.68. The van der Waals surface area contributed by atoms with E-state index in [1.54, 1.807) is 20.8 Å². The van der Waals surface area contributed by atoms with Crippen molar-refractivity contribution in [1.82, 2.24) is 10.6 Å². The molecule has 0 aliphatic rings. The lowest BCUT2D eigenvalue weighted by molar-refractivity contribution is -0.154. The van der Waals surface area contributed by atoms with Crippen molar-refractivity contribution in [2.24, 2.45) is 16.7 Å². The number of aliphatic carboxylic acids is 1. The fourth-order valence-electron chi connectivity index (χ4n) is 1.91. The first-order chi connectivity index (χ1) is 10.7. The highest BCUT2D eigenvalue weighted by Gasteiger charge is 2.40. The van der Waals surface area contributed by atoms with Crippen LogP contribution in [0.1, 0.15) is 54.9 Å². The molecule has 138 valence electrons. The zero-order valence-corrected chi connectivity index (χ0v) is 15.6. The zero-order valence-electron chi connectivity index (χ0n) is 15.6. The molecule has 0 fully saturated rings. The second-order valence-corrected chi connectivity index (χ2v) is 7.98. The maximum atomic E-state index is 12.5. The van der Waals surface area contributed by atoms with Crippen LogP contribution in [0.25, 0.3) is 0 Å². The smallest absolute Gasteiger partial charge is 0.316 e. The van der Waals surface area contributed by atoms with E-state index in [1.165, 1.54) is 13.8 Å². The highest BCUT2D eigenvalue weighted by Crippen LogP contribution is 2.22. The Balaban J connectivity index is 4.98. The van der Waals surface area contributed by atoms with Crippen molar-refractivity contribution in [3.8, 4) is 0 Å². The molecule has 24 heavy (non-hydrogen) atoms. The minimum atomic E-state index is -1.60. The monoisotopic (exact) mass is 342 g/mol. The van der Waals surface area contributed by atoms with E-state index in [2.05, 4.69) is 10.6 Å². The second-order valence-electron chi connectivity index (χ2n) is 7.98. The van der Waals surface area contributed by atoms with Crippen LogP contribution in [0.3, 0.4) is 0 Å². The molecule has 2 amide bonds. The van der Waals surface area contributed by atoms with E-state index >= 15 is 0 Å². The van der Waals surface area contributed by atoms with E-state index in [9.17, 15) is 24.3 Å². The minimum Gasteiger partial charge on any atom is -0.481 e. The number of nitrogens with one attached hydrogen (secondary N) is 2. The number of hydrogen-bond acceptors (Lipinski definition) is 4. The average molecular weight is 342 g/mol. The van der Waals surface area contributed by atoms with Gasteiger partial charge < -0.3 is 15.7 Å². The number of ketones is 1. The fraction of sp³-hybridized carbons (Fsp3) is 0.765. The number of carboxylic acids is 1. The molecule has 0 bridgehead atoms. The van der Waals surface area contributed by atoms with E-state index in [1.807, 2.05) is 13.8 Å². The van der Waals surface area contributed by atoms with Gasteiger partial charge in [-0.05, 0) is 26.2 Å². The second kappa shape index (κ2) is 8.26. The molecule has 0 aliphatic carbocycles. The lowest BCUT2D eigenvalue weighted by Gasteiger charge is -2.27. The molecule has 0 saturated heterocycles. The van der Waals surface area contributed by atoms with Crippen molar-refractivity contribution in [3.05, 3.63) is 0 Å². The molecule has 0 aromatic heterocycles. The predicted octanol–water partition coefficient (Wildman–Crippen LogP) is 1.36. The topological polar surface area (TPSA) is 113 Å². The first-order valence-corrected chi connectivity index (χ1v) is 8.05. The molecule has 0 saturated carbocycles. The number of Topliss-reactive ketones (excluding diaryl/α,β-unsaturated/α-hetero) is 1. The predicted molar refractivity (Wildman–Crippen MR) is 90.3 cm³/mol. The summed E-state index contributed by atoms with van der Waals surface area (Å²) in [6.07, 6.45) is 0.328. The van der Waals surface area contributed by atoms with Crippen LogP contribution >= 0.6 is 0 Å². The number of rotatable bonds is 8. The van der Waals surface area contributed by atoms with Gasteiger partial charge in [-0.3, -0.25) is 19.2 Å². The number of carboxylic acid groups (broad SMARTS) is 1. The van der Waals surface area contributed by atoms with Crippen LogP contribution in [0.15, 0.2) is 0 Å². The van der Waals surface area contributed by atoms with Gasteiger partial charge in [0.25, 0.3) is 0 Å². The van der Waals surface area contributed by atoms with Crippen LogP contribution in [-0.4, -0.2) is 41.3 Å². The van der Waals surface area contributed by atoms with Crippen LogP contribution in [0.5, 0.6) is 0 Å². The lowest BCUT2D eigenvalue weighted by Crippen LogP contribution is -2.52. The van der Waals surface area contributed by atoms with Crippen LogP contribution < -0.4 is 10.6 Å². The maximum absolute atomic E-state index is 12.5. The first kappa shape index (κ1) is 22.1. The molecule has 7 nitrogen and oxygen atoms in total. The van der Waals surface area contributed by atoms with Crippen LogP contribution in [0.2, 0.25) is 0 Å². The summed E-state index contributed by atoms with van der Waals surface area (Å²) in [7, 11) is 0. The van der Waals surface area contributed by atoms with Gasteiger partial charge in [-0.15, -0.1) is 0 Å². The Kier molecular flexibility index (Phi) is 7.60. The molecule has 0 heterocycles. The third-order valence-corrected chi connectivity index (χ3v) is 3.60. The molecule has 0 radical (unpaired) electrons. The quantitative estimate of drug-likeness (QED) is 0.577. The van der Waals surface area contributed by atoms with Gasteiger partial charge in [0.05, 0.1) is 12.6 Å². The molecule has 3 N–H and O–H groups in total. The summed E-state index contributed by atoms with van der Waals surface area (Å²) < 4.78 is 0. The summed E-state index contributed by atoms with van der Waals surface area (Å²) in [6, 6.07) is -0.907. The van der Waals surface area contributed by atoms with Crippen LogP contribution in [0.4, 0.5) is 0 Å². The molecule has 0 unspecified atom stereocenters. The van der Waals surface area contributed by atoms with E-state index in [0.717, 1.165) is 0 Å². The molecule has 0 spiro atoms.